The second-order valence-electron chi connectivity index (χ2n) is 9.31. The molecule has 0 spiro atoms. The lowest BCUT2D eigenvalue weighted by Crippen LogP contribution is -2.29. The minimum atomic E-state index is -4.23. The molecule has 0 atom stereocenters. The Labute approximate surface area is 203 Å². The summed E-state index contributed by atoms with van der Waals surface area (Å²) in [5.41, 5.74) is 1.89. The van der Waals surface area contributed by atoms with Crippen molar-refractivity contribution in [2.75, 3.05) is 45.9 Å². The molecule has 0 aromatic heterocycles. The molecule has 34 heavy (non-hydrogen) atoms. The van der Waals surface area contributed by atoms with Crippen LogP contribution in [0.25, 0.3) is 0 Å². The summed E-state index contributed by atoms with van der Waals surface area (Å²) in [6, 6.07) is 0. The molecule has 1 aliphatic carbocycles. The molecule has 192 valence electrons. The highest BCUT2D eigenvalue weighted by Gasteiger charge is 2.43. The maximum atomic E-state index is 12.4. The van der Waals surface area contributed by atoms with Crippen LogP contribution < -0.4 is 0 Å². The lowest BCUT2D eigenvalue weighted by atomic mass is 10.0. The van der Waals surface area contributed by atoms with Crippen molar-refractivity contribution in [3.05, 3.63) is 23.2 Å². The maximum absolute atomic E-state index is 12.4. The first-order chi connectivity index (χ1) is 16.3. The zero-order chi connectivity index (χ0) is 24.6. The summed E-state index contributed by atoms with van der Waals surface area (Å²) in [7, 11) is -4.23. The smallest absolute Gasteiger partial charge is 0.365 e. The Morgan fingerprint density at radius 2 is 1.24 bits per heavy atom. The Morgan fingerprint density at radius 1 is 0.765 bits per heavy atom. The fraction of sp³-hybridized carbons (Fsp3) is 0.750. The molecule has 0 bridgehead atoms. The molecule has 0 unspecified atom stereocenters. The zero-order valence-corrected chi connectivity index (χ0v) is 21.2. The Hall–Kier alpha value is -1.91. The standard InChI is InChI=1S/C12H13N3O2.C12H26O4S/c16-9-7-8(13-1-2-13)12(17)11(15-5-6-15)10(9)14-3-4-14;1-2-3-4-5-6-7-8-9-10-11-12-16-17(13,14)15/h7H,1-6H2;2-12H2,1H3,(H,13,14,15). The summed E-state index contributed by atoms with van der Waals surface area (Å²) in [5, 5.41) is 0. The molecule has 10 heteroatoms. The van der Waals surface area contributed by atoms with Gasteiger partial charge in [-0.3, -0.25) is 14.1 Å². The van der Waals surface area contributed by atoms with E-state index in [0.29, 0.717) is 23.5 Å². The van der Waals surface area contributed by atoms with Crippen molar-refractivity contribution in [1.29, 1.82) is 0 Å². The molecule has 3 fully saturated rings. The molecule has 4 aliphatic rings. The number of Topliss-reactive ketones (excluding diaryl/α,β-unsaturated/α-hetero) is 1. The molecule has 0 saturated carbocycles. The number of unbranched alkanes of at least 4 members (excludes halogenated alkanes) is 9. The molecule has 0 amide bonds. The number of hydrogen-bond acceptors (Lipinski definition) is 8. The van der Waals surface area contributed by atoms with Gasteiger partial charge in [0.25, 0.3) is 0 Å². The van der Waals surface area contributed by atoms with Crippen molar-refractivity contribution in [1.82, 2.24) is 14.7 Å². The average molecular weight is 498 g/mol. The topological polar surface area (TPSA) is 107 Å². The van der Waals surface area contributed by atoms with Gasteiger partial charge in [-0.15, -0.1) is 0 Å². The zero-order valence-electron chi connectivity index (χ0n) is 20.3. The second kappa shape index (κ2) is 12.7. The fourth-order valence-corrected chi connectivity index (χ4v) is 4.36. The monoisotopic (exact) mass is 497 g/mol. The van der Waals surface area contributed by atoms with Crippen LogP contribution in [0.4, 0.5) is 0 Å². The summed E-state index contributed by atoms with van der Waals surface area (Å²) < 4.78 is 33.0. The van der Waals surface area contributed by atoms with Gasteiger partial charge < -0.3 is 14.7 Å². The molecule has 1 N–H and O–H groups in total. The highest BCUT2D eigenvalue weighted by Crippen LogP contribution is 2.33. The van der Waals surface area contributed by atoms with Gasteiger partial charge in [0.1, 0.15) is 11.4 Å². The van der Waals surface area contributed by atoms with E-state index in [1.807, 2.05) is 14.7 Å². The van der Waals surface area contributed by atoms with Gasteiger partial charge >= 0.3 is 10.4 Å². The number of carbonyl (C=O) groups is 2. The summed E-state index contributed by atoms with van der Waals surface area (Å²) >= 11 is 0. The Balaban J connectivity index is 0.000000191. The highest BCUT2D eigenvalue weighted by molar-refractivity contribution is 7.80. The minimum Gasteiger partial charge on any atom is -0.365 e. The van der Waals surface area contributed by atoms with Gasteiger partial charge in [0.15, 0.2) is 0 Å². The van der Waals surface area contributed by atoms with E-state index < -0.39 is 10.4 Å². The fourth-order valence-electron chi connectivity index (χ4n) is 4.03. The van der Waals surface area contributed by atoms with Crippen LogP contribution in [0.2, 0.25) is 0 Å². The molecule has 9 nitrogen and oxygen atoms in total. The van der Waals surface area contributed by atoms with Crippen LogP contribution in [0, 0.1) is 0 Å². The molecule has 3 heterocycles. The van der Waals surface area contributed by atoms with Crippen molar-refractivity contribution in [2.24, 2.45) is 0 Å². The summed E-state index contributed by atoms with van der Waals surface area (Å²) in [6.45, 7) is 7.72. The van der Waals surface area contributed by atoms with Gasteiger partial charge in [0, 0.05) is 45.3 Å². The number of carbonyl (C=O) groups excluding carboxylic acids is 2. The first kappa shape index (κ1) is 26.7. The minimum absolute atomic E-state index is 0.00546. The van der Waals surface area contributed by atoms with Crippen molar-refractivity contribution in [2.45, 2.75) is 71.1 Å². The van der Waals surface area contributed by atoms with Gasteiger partial charge in [-0.1, -0.05) is 64.7 Å². The molecule has 0 aromatic carbocycles. The van der Waals surface area contributed by atoms with Gasteiger partial charge in [-0.25, -0.2) is 4.18 Å². The predicted octanol–water partition coefficient (Wildman–Crippen LogP) is 2.91. The first-order valence-electron chi connectivity index (χ1n) is 12.7. The van der Waals surface area contributed by atoms with Crippen LogP contribution in [0.15, 0.2) is 23.2 Å². The number of ketones is 2. The number of nitrogens with zero attached hydrogens (tertiary/aromatic N) is 3. The number of allylic oxidation sites excluding steroid dienone is 1. The van der Waals surface area contributed by atoms with E-state index >= 15 is 0 Å². The lowest BCUT2D eigenvalue weighted by Gasteiger charge is -2.21. The SMILES string of the molecule is CCCCCCCCCCCCOS(=O)(=O)O.O=C1C=C(N2CC2)C(=O)C(N2CC2)=C1N1CC1. The molecular weight excluding hydrogens is 458 g/mol. The van der Waals surface area contributed by atoms with Crippen LogP contribution in [0.3, 0.4) is 0 Å². The van der Waals surface area contributed by atoms with Crippen molar-refractivity contribution in [3.8, 4) is 0 Å². The van der Waals surface area contributed by atoms with Crippen molar-refractivity contribution >= 4 is 22.0 Å². The molecule has 0 radical (unpaired) electrons. The van der Waals surface area contributed by atoms with E-state index in [1.165, 1.54) is 51.0 Å². The average Bonchev–Trinajstić information content (AvgIpc) is 3.63. The van der Waals surface area contributed by atoms with Gasteiger partial charge in [-0.2, -0.15) is 8.42 Å². The van der Waals surface area contributed by atoms with Gasteiger partial charge in [0.05, 0.1) is 12.3 Å². The van der Waals surface area contributed by atoms with E-state index in [9.17, 15) is 18.0 Å². The Morgan fingerprint density at radius 3 is 1.71 bits per heavy atom. The van der Waals surface area contributed by atoms with Crippen LogP contribution in [0.5, 0.6) is 0 Å². The van der Waals surface area contributed by atoms with Crippen LogP contribution >= 0.6 is 0 Å². The first-order valence-corrected chi connectivity index (χ1v) is 14.1. The van der Waals surface area contributed by atoms with E-state index in [1.54, 1.807) is 0 Å². The molecule has 3 saturated heterocycles. The van der Waals surface area contributed by atoms with Crippen LogP contribution in [0.1, 0.15) is 71.1 Å². The van der Waals surface area contributed by atoms with Gasteiger partial charge in [0.2, 0.25) is 11.6 Å². The van der Waals surface area contributed by atoms with E-state index in [2.05, 4.69) is 11.1 Å². The van der Waals surface area contributed by atoms with Crippen molar-refractivity contribution < 1.29 is 26.7 Å². The van der Waals surface area contributed by atoms with Gasteiger partial charge in [-0.05, 0) is 6.42 Å². The quantitative estimate of drug-likeness (QED) is 0.158. The predicted molar refractivity (Wildman–Crippen MR) is 129 cm³/mol. The molecule has 4 rings (SSSR count). The van der Waals surface area contributed by atoms with Crippen molar-refractivity contribution in [3.63, 3.8) is 0 Å². The third kappa shape index (κ3) is 9.03. The van der Waals surface area contributed by atoms with Crippen LogP contribution in [-0.2, 0) is 24.2 Å². The van der Waals surface area contributed by atoms with E-state index in [0.717, 1.165) is 52.1 Å². The molecule has 3 aliphatic heterocycles. The second-order valence-corrected chi connectivity index (χ2v) is 10.4. The summed E-state index contributed by atoms with van der Waals surface area (Å²) in [5.74, 6) is 0.0485. The Bertz CT molecular complexity index is 886. The number of rotatable bonds is 15. The molecular formula is C24H39N3O6S. The van der Waals surface area contributed by atoms with E-state index in [4.69, 9.17) is 4.55 Å². The highest BCUT2D eigenvalue weighted by atomic mass is 32.3. The summed E-state index contributed by atoms with van der Waals surface area (Å²) in [6.07, 6.45) is 13.4. The summed E-state index contributed by atoms with van der Waals surface area (Å²) in [4.78, 5) is 30.5. The van der Waals surface area contributed by atoms with Crippen LogP contribution in [-0.4, -0.2) is 85.1 Å². The normalized spacial score (nSPS) is 19.2. The third-order valence-corrected chi connectivity index (χ3v) is 6.68. The molecule has 0 aromatic rings. The third-order valence-electron chi connectivity index (χ3n) is 6.22. The van der Waals surface area contributed by atoms with E-state index in [-0.39, 0.29) is 18.2 Å². The Kier molecular flexibility index (Phi) is 9.97. The lowest BCUT2D eigenvalue weighted by molar-refractivity contribution is -0.117. The number of hydrogen-bond donors (Lipinski definition) is 1. The largest absolute Gasteiger partial charge is 0.397 e. The maximum Gasteiger partial charge on any atom is 0.397 e.